The molecule has 2 rings (SSSR count). The predicted molar refractivity (Wildman–Crippen MR) is 80.3 cm³/mol. The number of carbonyl (C=O) groups is 2. The van der Waals surface area contributed by atoms with Crippen molar-refractivity contribution in [1.29, 1.82) is 0 Å². The highest BCUT2D eigenvalue weighted by atomic mass is 79.9. The zero-order valence-corrected chi connectivity index (χ0v) is 13.2. The summed E-state index contributed by atoms with van der Waals surface area (Å²) >= 11 is 3.39. The average molecular weight is 342 g/mol. The van der Waals surface area contributed by atoms with Crippen molar-refractivity contribution in [3.63, 3.8) is 0 Å². The van der Waals surface area contributed by atoms with Crippen LogP contribution in [-0.4, -0.2) is 33.9 Å². The molecule has 1 heterocycles. The van der Waals surface area contributed by atoms with Crippen LogP contribution in [0.5, 0.6) is 0 Å². The van der Waals surface area contributed by atoms with Crippen LogP contribution < -0.4 is 5.73 Å². The van der Waals surface area contributed by atoms with Crippen molar-refractivity contribution >= 4 is 27.7 Å². The van der Waals surface area contributed by atoms with Crippen molar-refractivity contribution in [1.82, 2.24) is 9.47 Å². The Labute approximate surface area is 127 Å². The summed E-state index contributed by atoms with van der Waals surface area (Å²) in [7, 11) is 0. The van der Waals surface area contributed by atoms with E-state index in [4.69, 9.17) is 5.73 Å². The Kier molecular flexibility index (Phi) is 4.86. The zero-order chi connectivity index (χ0) is 14.7. The van der Waals surface area contributed by atoms with E-state index in [1.54, 1.807) is 11.0 Å². The minimum absolute atomic E-state index is 0.00396. The summed E-state index contributed by atoms with van der Waals surface area (Å²) in [5.74, 6) is -0.567. The number of nitrogens with zero attached hydrogens (tertiary/aromatic N) is 2. The molecule has 0 aromatic carbocycles. The van der Waals surface area contributed by atoms with Crippen molar-refractivity contribution in [3.8, 4) is 0 Å². The van der Waals surface area contributed by atoms with Gasteiger partial charge in [-0.15, -0.1) is 0 Å². The largest absolute Gasteiger partial charge is 0.368 e. The molecule has 110 valence electrons. The second kappa shape index (κ2) is 6.43. The van der Waals surface area contributed by atoms with Gasteiger partial charge in [0.05, 0.1) is 6.54 Å². The zero-order valence-electron chi connectivity index (χ0n) is 11.6. The molecule has 0 unspecified atom stereocenters. The van der Waals surface area contributed by atoms with Gasteiger partial charge in [0.15, 0.2) is 0 Å². The molecule has 20 heavy (non-hydrogen) atoms. The van der Waals surface area contributed by atoms with Gasteiger partial charge in [0.1, 0.15) is 5.69 Å². The summed E-state index contributed by atoms with van der Waals surface area (Å²) in [5, 5.41) is 0. The second-order valence-corrected chi connectivity index (χ2v) is 6.08. The lowest BCUT2D eigenvalue weighted by Crippen LogP contribution is -2.44. The third-order valence-electron chi connectivity index (χ3n) is 3.78. The molecule has 1 saturated carbocycles. The van der Waals surface area contributed by atoms with Gasteiger partial charge in [0, 0.05) is 23.3 Å². The normalized spacial score (nSPS) is 15.5. The maximum absolute atomic E-state index is 12.7. The molecular formula is C14H20BrN3O2. The second-order valence-electron chi connectivity index (χ2n) is 5.17. The third-order valence-corrected chi connectivity index (χ3v) is 4.21. The Morgan fingerprint density at radius 2 is 2.10 bits per heavy atom. The lowest BCUT2D eigenvalue weighted by atomic mass is 10.2. The lowest BCUT2D eigenvalue weighted by molar-refractivity contribution is -0.119. The van der Waals surface area contributed by atoms with E-state index in [0.717, 1.165) is 30.2 Å². The number of hydrogen-bond acceptors (Lipinski definition) is 2. The standard InChI is InChI=1S/C14H20BrN3O2/c1-2-17-8-10(15)7-12(17)14(20)18(9-13(16)19)11-5-3-4-6-11/h7-8,11H,2-6,9H2,1H3,(H2,16,19). The highest BCUT2D eigenvalue weighted by Crippen LogP contribution is 2.26. The molecule has 0 atom stereocenters. The number of primary amides is 1. The molecule has 1 aromatic rings. The summed E-state index contributed by atoms with van der Waals surface area (Å²) in [6, 6.07) is 1.93. The van der Waals surface area contributed by atoms with Crippen LogP contribution in [0.3, 0.4) is 0 Å². The molecule has 1 aliphatic rings. The highest BCUT2D eigenvalue weighted by Gasteiger charge is 2.30. The van der Waals surface area contributed by atoms with Crippen molar-refractivity contribution in [2.24, 2.45) is 5.73 Å². The molecule has 2 amide bonds. The number of amides is 2. The van der Waals surface area contributed by atoms with Crippen molar-refractivity contribution in [2.75, 3.05) is 6.54 Å². The van der Waals surface area contributed by atoms with Crippen molar-refractivity contribution in [3.05, 3.63) is 22.4 Å². The summed E-state index contributed by atoms with van der Waals surface area (Å²) in [5.41, 5.74) is 5.91. The number of nitrogens with two attached hydrogens (primary N) is 1. The SMILES string of the molecule is CCn1cc(Br)cc1C(=O)N(CC(N)=O)C1CCCC1. The summed E-state index contributed by atoms with van der Waals surface area (Å²) < 4.78 is 2.75. The van der Waals surface area contributed by atoms with Gasteiger partial charge >= 0.3 is 0 Å². The van der Waals surface area contributed by atoms with Gasteiger partial charge in [-0.2, -0.15) is 0 Å². The van der Waals surface area contributed by atoms with E-state index in [9.17, 15) is 9.59 Å². The average Bonchev–Trinajstić information content (AvgIpc) is 3.03. The molecule has 0 saturated heterocycles. The molecule has 2 N–H and O–H groups in total. The van der Waals surface area contributed by atoms with Gasteiger partial charge in [0.25, 0.3) is 5.91 Å². The first-order valence-corrected chi connectivity index (χ1v) is 7.77. The first-order chi connectivity index (χ1) is 9.52. The number of hydrogen-bond donors (Lipinski definition) is 1. The Morgan fingerprint density at radius 3 is 2.65 bits per heavy atom. The van der Waals surface area contributed by atoms with Gasteiger partial charge in [-0.3, -0.25) is 9.59 Å². The number of halogens is 1. The van der Waals surface area contributed by atoms with E-state index >= 15 is 0 Å². The molecule has 0 spiro atoms. The highest BCUT2D eigenvalue weighted by molar-refractivity contribution is 9.10. The molecule has 5 nitrogen and oxygen atoms in total. The van der Waals surface area contributed by atoms with Crippen LogP contribution in [0, 0.1) is 0 Å². The summed E-state index contributed by atoms with van der Waals surface area (Å²) in [4.78, 5) is 25.7. The van der Waals surface area contributed by atoms with Crippen LogP contribution >= 0.6 is 15.9 Å². The maximum atomic E-state index is 12.7. The van der Waals surface area contributed by atoms with Crippen molar-refractivity contribution < 1.29 is 9.59 Å². The van der Waals surface area contributed by atoms with Crippen molar-refractivity contribution in [2.45, 2.75) is 45.2 Å². The molecule has 1 aromatic heterocycles. The smallest absolute Gasteiger partial charge is 0.271 e. The quantitative estimate of drug-likeness (QED) is 0.891. The number of carbonyl (C=O) groups excluding carboxylic acids is 2. The van der Waals surface area contributed by atoms with E-state index in [2.05, 4.69) is 15.9 Å². The Hall–Kier alpha value is -1.30. The molecular weight excluding hydrogens is 322 g/mol. The fourth-order valence-electron chi connectivity index (χ4n) is 2.81. The van der Waals surface area contributed by atoms with E-state index in [0.29, 0.717) is 12.2 Å². The minimum Gasteiger partial charge on any atom is -0.368 e. The molecule has 6 heteroatoms. The predicted octanol–water partition coefficient (Wildman–Crippen LogP) is 2.14. The Bertz CT molecular complexity index is 507. The Morgan fingerprint density at radius 1 is 1.45 bits per heavy atom. The Balaban J connectivity index is 2.26. The van der Waals surface area contributed by atoms with Crippen LogP contribution in [0.25, 0.3) is 0 Å². The van der Waals surface area contributed by atoms with Gasteiger partial charge in [-0.1, -0.05) is 12.8 Å². The first kappa shape index (κ1) is 15.1. The van der Waals surface area contributed by atoms with Gasteiger partial charge < -0.3 is 15.2 Å². The topological polar surface area (TPSA) is 68.3 Å². The van der Waals surface area contributed by atoms with Gasteiger partial charge in [0.2, 0.25) is 5.91 Å². The monoisotopic (exact) mass is 341 g/mol. The number of aryl methyl sites for hydroxylation is 1. The number of aromatic nitrogens is 1. The van der Waals surface area contributed by atoms with E-state index in [-0.39, 0.29) is 18.5 Å². The van der Waals surface area contributed by atoms with Crippen LogP contribution in [0.4, 0.5) is 0 Å². The fourth-order valence-corrected chi connectivity index (χ4v) is 3.28. The van der Waals surface area contributed by atoms with E-state index < -0.39 is 5.91 Å². The number of rotatable bonds is 5. The third kappa shape index (κ3) is 3.23. The molecule has 0 aliphatic heterocycles. The van der Waals surface area contributed by atoms with E-state index in [1.807, 2.05) is 17.7 Å². The molecule has 0 bridgehead atoms. The lowest BCUT2D eigenvalue weighted by Gasteiger charge is -2.28. The molecule has 1 fully saturated rings. The maximum Gasteiger partial charge on any atom is 0.271 e. The molecule has 1 aliphatic carbocycles. The minimum atomic E-state index is -0.459. The van der Waals surface area contributed by atoms with Crippen LogP contribution in [0.1, 0.15) is 43.1 Å². The van der Waals surface area contributed by atoms with Gasteiger partial charge in [-0.05, 0) is 41.8 Å². The molecule has 0 radical (unpaired) electrons. The summed E-state index contributed by atoms with van der Waals surface area (Å²) in [6.07, 6.45) is 5.99. The fraction of sp³-hybridized carbons (Fsp3) is 0.571. The van der Waals surface area contributed by atoms with Gasteiger partial charge in [-0.25, -0.2) is 0 Å². The van der Waals surface area contributed by atoms with E-state index in [1.165, 1.54) is 0 Å². The first-order valence-electron chi connectivity index (χ1n) is 6.98. The van der Waals surface area contributed by atoms with Crippen LogP contribution in [0.15, 0.2) is 16.7 Å². The van der Waals surface area contributed by atoms with Crippen LogP contribution in [0.2, 0.25) is 0 Å². The van der Waals surface area contributed by atoms with Crippen LogP contribution in [-0.2, 0) is 11.3 Å². The summed E-state index contributed by atoms with van der Waals surface area (Å²) in [6.45, 7) is 2.69.